The van der Waals surface area contributed by atoms with Crippen LogP contribution in [0.4, 0.5) is 9.80 Å². The summed E-state index contributed by atoms with van der Waals surface area (Å²) in [5, 5.41) is 7.72. The van der Waals surface area contributed by atoms with Crippen LogP contribution in [0, 0.1) is 0 Å². The topological polar surface area (TPSA) is 97.4 Å². The van der Waals surface area contributed by atoms with Gasteiger partial charge in [0.05, 0.1) is 17.7 Å². The first-order chi connectivity index (χ1) is 12.6. The van der Waals surface area contributed by atoms with Crippen molar-refractivity contribution in [2.24, 2.45) is 0 Å². The van der Waals surface area contributed by atoms with Gasteiger partial charge in [-0.15, -0.1) is 11.3 Å². The van der Waals surface area contributed by atoms with Gasteiger partial charge in [0.15, 0.2) is 0 Å². The van der Waals surface area contributed by atoms with Crippen molar-refractivity contribution in [3.05, 3.63) is 59.1 Å². The number of nitrogens with zero attached hydrogens (tertiary/aromatic N) is 1. The number of carbonyl (C=O) groups excluding carboxylic acids is 3. The molecule has 2 heterocycles. The summed E-state index contributed by atoms with van der Waals surface area (Å²) in [4.78, 5) is 40.2. The number of imide groups is 1. The summed E-state index contributed by atoms with van der Waals surface area (Å²) in [6.07, 6.45) is 0.822. The number of ether oxygens (including phenoxy) is 1. The van der Waals surface area contributed by atoms with Crippen molar-refractivity contribution in [2.45, 2.75) is 6.92 Å². The Balaban J connectivity index is 1.76. The Labute approximate surface area is 153 Å². The molecule has 0 aliphatic rings. The molecule has 0 saturated carbocycles. The first-order valence-corrected chi connectivity index (χ1v) is 8.68. The highest BCUT2D eigenvalue weighted by Gasteiger charge is 2.18. The van der Waals surface area contributed by atoms with Crippen molar-refractivity contribution < 1.29 is 19.1 Å². The van der Waals surface area contributed by atoms with Gasteiger partial charge in [0.2, 0.25) is 0 Å². The molecule has 3 aromatic rings. The van der Waals surface area contributed by atoms with Crippen LogP contribution in [0.5, 0.6) is 0 Å². The zero-order valence-corrected chi connectivity index (χ0v) is 14.6. The van der Waals surface area contributed by atoms with Crippen LogP contribution in [0.2, 0.25) is 0 Å². The molecule has 7 nitrogen and oxygen atoms in total. The first-order valence-electron chi connectivity index (χ1n) is 7.80. The van der Waals surface area contributed by atoms with E-state index in [4.69, 9.17) is 0 Å². The predicted molar refractivity (Wildman–Crippen MR) is 98.5 cm³/mol. The van der Waals surface area contributed by atoms with E-state index in [0.717, 1.165) is 5.39 Å². The molecule has 0 aliphatic carbocycles. The van der Waals surface area contributed by atoms with Crippen molar-refractivity contribution in [3.63, 3.8) is 0 Å². The average Bonchev–Trinajstić information content (AvgIpc) is 3.09. The second-order valence-electron chi connectivity index (χ2n) is 5.20. The van der Waals surface area contributed by atoms with Crippen LogP contribution < -0.4 is 10.6 Å². The summed E-state index contributed by atoms with van der Waals surface area (Å²) >= 11 is 1.18. The summed E-state index contributed by atoms with van der Waals surface area (Å²) in [6, 6.07) is 10.4. The van der Waals surface area contributed by atoms with E-state index in [-0.39, 0.29) is 18.1 Å². The third-order valence-electron chi connectivity index (χ3n) is 3.50. The Kier molecular flexibility index (Phi) is 5.23. The molecule has 3 amide bonds. The largest absolute Gasteiger partial charge is 0.450 e. The van der Waals surface area contributed by atoms with Crippen LogP contribution in [0.15, 0.2) is 48.0 Å². The zero-order valence-electron chi connectivity index (χ0n) is 13.8. The minimum absolute atomic E-state index is 0.155. The van der Waals surface area contributed by atoms with Gasteiger partial charge in [-0.1, -0.05) is 12.1 Å². The fourth-order valence-electron chi connectivity index (χ4n) is 2.30. The number of thiophene rings is 1. The summed E-state index contributed by atoms with van der Waals surface area (Å²) in [5.74, 6) is -1.01. The number of amides is 3. The number of hydrogen-bond acceptors (Lipinski definition) is 6. The highest BCUT2D eigenvalue weighted by atomic mass is 32.1. The van der Waals surface area contributed by atoms with Gasteiger partial charge >= 0.3 is 6.09 Å². The lowest BCUT2D eigenvalue weighted by Crippen LogP contribution is -2.31. The van der Waals surface area contributed by atoms with Crippen LogP contribution in [-0.2, 0) is 4.74 Å². The van der Waals surface area contributed by atoms with E-state index in [9.17, 15) is 14.4 Å². The Hall–Kier alpha value is -3.26. The second kappa shape index (κ2) is 7.75. The number of pyridine rings is 1. The zero-order chi connectivity index (χ0) is 18.5. The van der Waals surface area contributed by atoms with Crippen molar-refractivity contribution in [3.8, 4) is 0 Å². The molecule has 26 heavy (non-hydrogen) atoms. The summed E-state index contributed by atoms with van der Waals surface area (Å²) in [7, 11) is 0. The van der Waals surface area contributed by atoms with Crippen LogP contribution in [0.25, 0.3) is 10.9 Å². The highest BCUT2D eigenvalue weighted by molar-refractivity contribution is 7.14. The first kappa shape index (κ1) is 17.6. The molecule has 1 aromatic carbocycles. The summed E-state index contributed by atoms with van der Waals surface area (Å²) < 4.78 is 4.68. The molecule has 0 aliphatic heterocycles. The molecule has 0 radical (unpaired) electrons. The Morgan fingerprint density at radius 1 is 1.15 bits per heavy atom. The monoisotopic (exact) mass is 369 g/mol. The molecule has 3 rings (SSSR count). The van der Waals surface area contributed by atoms with Crippen LogP contribution >= 0.6 is 11.3 Å². The number of fused-ring (bicyclic) bond motifs is 1. The van der Waals surface area contributed by atoms with Crippen molar-refractivity contribution in [1.82, 2.24) is 10.3 Å². The average molecular weight is 369 g/mol. The number of alkyl carbamates (subject to hydrolysis) is 1. The molecule has 0 bridgehead atoms. The fraction of sp³-hybridized carbons (Fsp3) is 0.111. The quantitative estimate of drug-likeness (QED) is 0.734. The van der Waals surface area contributed by atoms with Gasteiger partial charge in [0, 0.05) is 17.1 Å². The van der Waals surface area contributed by atoms with Crippen molar-refractivity contribution in [2.75, 3.05) is 11.9 Å². The third-order valence-corrected chi connectivity index (χ3v) is 4.33. The maximum absolute atomic E-state index is 12.5. The SMILES string of the molecule is CCOC(=O)NC(=O)c1ccsc1NC(=O)c1ccc2cccnc2c1. The molecule has 132 valence electrons. The minimum atomic E-state index is -0.832. The van der Waals surface area contributed by atoms with Crippen molar-refractivity contribution in [1.29, 1.82) is 0 Å². The molecule has 2 aromatic heterocycles. The van der Waals surface area contributed by atoms with Gasteiger partial charge in [0.25, 0.3) is 11.8 Å². The normalized spacial score (nSPS) is 10.3. The molecular weight excluding hydrogens is 354 g/mol. The van der Waals surface area contributed by atoms with Crippen molar-refractivity contribution >= 4 is 45.1 Å². The van der Waals surface area contributed by atoms with Crippen LogP contribution in [0.3, 0.4) is 0 Å². The Bertz CT molecular complexity index is 983. The number of aromatic nitrogens is 1. The van der Waals surface area contributed by atoms with Crippen LogP contribution in [0.1, 0.15) is 27.6 Å². The molecule has 0 atom stereocenters. The van der Waals surface area contributed by atoms with E-state index in [1.807, 2.05) is 12.1 Å². The van der Waals surface area contributed by atoms with Gasteiger partial charge in [-0.05, 0) is 36.6 Å². The molecule has 2 N–H and O–H groups in total. The lowest BCUT2D eigenvalue weighted by molar-refractivity contribution is 0.0926. The smallest absolute Gasteiger partial charge is 0.414 e. The lowest BCUT2D eigenvalue weighted by atomic mass is 10.1. The number of anilines is 1. The molecule has 8 heteroatoms. The summed E-state index contributed by atoms with van der Waals surface area (Å²) in [5.41, 5.74) is 1.31. The molecule has 0 fully saturated rings. The Morgan fingerprint density at radius 2 is 2.00 bits per heavy atom. The van der Waals surface area contributed by atoms with E-state index < -0.39 is 12.0 Å². The standard InChI is InChI=1S/C18H15N3O4S/c1-2-25-18(24)21-16(23)13-7-9-26-17(13)20-15(22)12-6-5-11-4-3-8-19-14(11)10-12/h3-10H,2H2,1H3,(H,20,22)(H,21,23,24). The Morgan fingerprint density at radius 3 is 2.81 bits per heavy atom. The predicted octanol–water partition coefficient (Wildman–Crippen LogP) is 3.43. The van der Waals surface area contributed by atoms with Gasteiger partial charge in [-0.3, -0.25) is 19.9 Å². The molecule has 0 saturated heterocycles. The number of carbonyl (C=O) groups is 3. The minimum Gasteiger partial charge on any atom is -0.450 e. The van der Waals surface area contributed by atoms with E-state index in [2.05, 4.69) is 20.4 Å². The third kappa shape index (κ3) is 3.86. The number of rotatable bonds is 4. The fourth-order valence-corrected chi connectivity index (χ4v) is 3.07. The molecule has 0 spiro atoms. The van der Waals surface area contributed by atoms with E-state index in [1.165, 1.54) is 17.4 Å². The van der Waals surface area contributed by atoms with Gasteiger partial charge < -0.3 is 10.1 Å². The number of hydrogen-bond donors (Lipinski definition) is 2. The number of benzene rings is 1. The second-order valence-corrected chi connectivity index (χ2v) is 6.12. The van der Waals surface area contributed by atoms with Gasteiger partial charge in [-0.25, -0.2) is 4.79 Å². The highest BCUT2D eigenvalue weighted by Crippen LogP contribution is 2.24. The molecule has 0 unspecified atom stereocenters. The molecular formula is C18H15N3O4S. The van der Waals surface area contributed by atoms with Gasteiger partial charge in [0.1, 0.15) is 5.00 Å². The maximum Gasteiger partial charge on any atom is 0.414 e. The van der Waals surface area contributed by atoms with E-state index in [1.54, 1.807) is 36.7 Å². The lowest BCUT2D eigenvalue weighted by Gasteiger charge is -2.07. The van der Waals surface area contributed by atoms with E-state index in [0.29, 0.717) is 16.1 Å². The maximum atomic E-state index is 12.5. The van der Waals surface area contributed by atoms with Crippen LogP contribution in [-0.4, -0.2) is 29.5 Å². The number of nitrogens with one attached hydrogen (secondary N) is 2. The summed E-state index contributed by atoms with van der Waals surface area (Å²) in [6.45, 7) is 1.79. The van der Waals surface area contributed by atoms with E-state index >= 15 is 0 Å². The van der Waals surface area contributed by atoms with Gasteiger partial charge in [-0.2, -0.15) is 0 Å².